The lowest BCUT2D eigenvalue weighted by molar-refractivity contribution is -0.770. The Hall–Kier alpha value is -2.71. The maximum absolute atomic E-state index is 11.6. The number of hydrogen-bond donors (Lipinski definition) is 3. The second kappa shape index (κ2) is 16.9. The number of aliphatic hydroxyl groups is 2. The molecule has 0 aromatic heterocycles. The molecule has 0 saturated heterocycles. The molecule has 8 heteroatoms. The number of carbonyl (C=O) groups excluding carboxylic acids is 1. The fourth-order valence-corrected chi connectivity index (χ4v) is 5.14. The van der Waals surface area contributed by atoms with E-state index >= 15 is 0 Å². The van der Waals surface area contributed by atoms with Gasteiger partial charge in [-0.05, 0) is 56.9 Å². The molecule has 1 fully saturated rings. The van der Waals surface area contributed by atoms with Gasteiger partial charge in [-0.15, -0.1) is 10.1 Å². The Morgan fingerprint density at radius 1 is 1.19 bits per heavy atom. The van der Waals surface area contributed by atoms with Gasteiger partial charge in [-0.3, -0.25) is 4.79 Å². The van der Waals surface area contributed by atoms with Gasteiger partial charge in [0, 0.05) is 31.2 Å². The maximum Gasteiger partial charge on any atom is 0.294 e. The number of hydrogen-bond acceptors (Lipinski definition) is 6. The van der Waals surface area contributed by atoms with E-state index in [9.17, 15) is 25.1 Å². The number of amides is 1. The minimum Gasteiger partial charge on any atom is -0.393 e. The van der Waals surface area contributed by atoms with Crippen LogP contribution in [0.4, 0.5) is 0 Å². The van der Waals surface area contributed by atoms with Gasteiger partial charge in [0.1, 0.15) is 6.10 Å². The van der Waals surface area contributed by atoms with Gasteiger partial charge in [0.05, 0.1) is 12.2 Å². The molecule has 1 aliphatic rings. The molecule has 8 nitrogen and oxygen atoms in total. The molecular formula is C29H44N2O6. The standard InChI is InChI=1S/C29H44N2O6/c1-3-12-28(37-31(35)36)23(18-17-22-13-8-7-9-14-22)19-20-25-24(26(32)21-27(25)33)15-10-5-6-11-16-29(34)30-4-2/h5,7-10,13-14,19-20,23-28,32-33H,3-4,6,11-12,15-18,21H2,1-2H3,(H,30,34)/b10-5-,20-19+/t23-,24-,25-,26+,27+,28?/m1/s1. The van der Waals surface area contributed by atoms with Gasteiger partial charge in [0.2, 0.25) is 5.91 Å². The van der Waals surface area contributed by atoms with E-state index in [-0.39, 0.29) is 23.7 Å². The van der Waals surface area contributed by atoms with Gasteiger partial charge in [-0.25, -0.2) is 0 Å². The van der Waals surface area contributed by atoms with Crippen LogP contribution in [0.3, 0.4) is 0 Å². The number of nitrogens with one attached hydrogen (secondary N) is 1. The van der Waals surface area contributed by atoms with Crippen LogP contribution in [0.1, 0.15) is 70.8 Å². The third kappa shape index (κ3) is 11.1. The Balaban J connectivity index is 2.06. The highest BCUT2D eigenvalue weighted by molar-refractivity contribution is 5.75. The molecule has 1 saturated carbocycles. The van der Waals surface area contributed by atoms with Crippen molar-refractivity contribution in [1.29, 1.82) is 0 Å². The van der Waals surface area contributed by atoms with Gasteiger partial charge < -0.3 is 20.4 Å². The SMILES string of the molecule is CCCC(O[N+](=O)[O-])[C@@H](/C=C/[C@@H]1[C@@H](C/C=C\CCCC(=O)NCC)[C@@H](O)C[C@@H]1O)CCc1ccccc1. The second-order valence-corrected chi connectivity index (χ2v) is 9.89. The van der Waals surface area contributed by atoms with Crippen molar-refractivity contribution in [2.75, 3.05) is 6.54 Å². The molecule has 6 atom stereocenters. The van der Waals surface area contributed by atoms with Crippen LogP contribution < -0.4 is 5.32 Å². The first-order valence-corrected chi connectivity index (χ1v) is 13.7. The number of aliphatic hydroxyl groups excluding tert-OH is 2. The normalized spacial score (nSPS) is 23.4. The van der Waals surface area contributed by atoms with Crippen LogP contribution in [0, 0.1) is 27.9 Å². The van der Waals surface area contributed by atoms with Crippen molar-refractivity contribution >= 4 is 5.91 Å². The first kappa shape index (κ1) is 30.5. The number of benzene rings is 1. The summed E-state index contributed by atoms with van der Waals surface area (Å²) in [6.45, 7) is 4.51. The van der Waals surface area contributed by atoms with Crippen LogP contribution in [0.25, 0.3) is 0 Å². The van der Waals surface area contributed by atoms with Crippen LogP contribution in [-0.4, -0.2) is 46.1 Å². The Bertz CT molecular complexity index is 859. The number of aryl methyl sites for hydroxylation is 1. The van der Waals surface area contributed by atoms with Crippen LogP contribution in [0.15, 0.2) is 54.6 Å². The van der Waals surface area contributed by atoms with Gasteiger partial charge in [0.15, 0.2) is 0 Å². The van der Waals surface area contributed by atoms with E-state index in [2.05, 4.69) is 5.32 Å². The van der Waals surface area contributed by atoms with Crippen molar-refractivity contribution < 1.29 is 24.9 Å². The summed E-state index contributed by atoms with van der Waals surface area (Å²) in [6, 6.07) is 10.00. The lowest BCUT2D eigenvalue weighted by atomic mass is 9.86. The molecule has 0 radical (unpaired) electrons. The second-order valence-electron chi connectivity index (χ2n) is 9.89. The third-order valence-corrected chi connectivity index (χ3v) is 7.10. The fraction of sp³-hybridized carbons (Fsp3) is 0.621. The first-order valence-electron chi connectivity index (χ1n) is 13.7. The molecule has 1 aromatic rings. The smallest absolute Gasteiger partial charge is 0.294 e. The molecule has 1 unspecified atom stereocenters. The molecular weight excluding hydrogens is 472 g/mol. The average molecular weight is 517 g/mol. The van der Waals surface area contributed by atoms with E-state index in [0.717, 1.165) is 31.2 Å². The largest absolute Gasteiger partial charge is 0.393 e. The quantitative estimate of drug-likeness (QED) is 0.119. The van der Waals surface area contributed by atoms with Crippen molar-refractivity contribution in [3.8, 4) is 0 Å². The minimum absolute atomic E-state index is 0.0553. The lowest BCUT2D eigenvalue weighted by Crippen LogP contribution is -2.27. The van der Waals surface area contributed by atoms with E-state index in [1.165, 1.54) is 0 Å². The van der Waals surface area contributed by atoms with Crippen molar-refractivity contribution in [3.63, 3.8) is 0 Å². The number of carbonyl (C=O) groups is 1. The van der Waals surface area contributed by atoms with Crippen LogP contribution >= 0.6 is 0 Å². The Labute approximate surface area is 220 Å². The Morgan fingerprint density at radius 2 is 1.95 bits per heavy atom. The summed E-state index contributed by atoms with van der Waals surface area (Å²) < 4.78 is 0. The van der Waals surface area contributed by atoms with Crippen molar-refractivity contribution in [2.45, 2.75) is 89.9 Å². The molecule has 0 spiro atoms. The van der Waals surface area contributed by atoms with Gasteiger partial charge in [-0.1, -0.05) is 68.0 Å². The van der Waals surface area contributed by atoms with Gasteiger partial charge in [-0.2, -0.15) is 0 Å². The van der Waals surface area contributed by atoms with E-state index < -0.39 is 23.4 Å². The van der Waals surface area contributed by atoms with Crippen LogP contribution in [0.2, 0.25) is 0 Å². The Kier molecular flexibility index (Phi) is 14.0. The van der Waals surface area contributed by atoms with E-state index in [4.69, 9.17) is 4.84 Å². The summed E-state index contributed by atoms with van der Waals surface area (Å²) in [5.41, 5.74) is 1.16. The molecule has 37 heavy (non-hydrogen) atoms. The number of unbranched alkanes of at least 4 members (excludes halogenated alkanes) is 1. The van der Waals surface area contributed by atoms with Crippen molar-refractivity contribution in [3.05, 3.63) is 70.3 Å². The molecule has 1 aromatic carbocycles. The minimum atomic E-state index is -0.711. The maximum atomic E-state index is 11.6. The average Bonchev–Trinajstić information content (AvgIpc) is 3.13. The lowest BCUT2D eigenvalue weighted by Gasteiger charge is -2.24. The molecule has 2 rings (SSSR count). The van der Waals surface area contributed by atoms with Crippen molar-refractivity contribution in [1.82, 2.24) is 5.32 Å². The molecule has 0 heterocycles. The zero-order chi connectivity index (χ0) is 27.0. The fourth-order valence-electron chi connectivity index (χ4n) is 5.14. The summed E-state index contributed by atoms with van der Waals surface area (Å²) in [7, 11) is 0. The summed E-state index contributed by atoms with van der Waals surface area (Å²) in [5.74, 6) is -0.519. The first-order chi connectivity index (χ1) is 17.8. The highest BCUT2D eigenvalue weighted by atomic mass is 17.0. The highest BCUT2D eigenvalue weighted by Crippen LogP contribution is 2.37. The summed E-state index contributed by atoms with van der Waals surface area (Å²) in [6.07, 6.45) is 11.8. The summed E-state index contributed by atoms with van der Waals surface area (Å²) in [4.78, 5) is 27.8. The third-order valence-electron chi connectivity index (χ3n) is 7.10. The monoisotopic (exact) mass is 516 g/mol. The molecule has 0 aliphatic heterocycles. The Morgan fingerprint density at radius 3 is 2.62 bits per heavy atom. The van der Waals surface area contributed by atoms with Gasteiger partial charge in [0.25, 0.3) is 5.09 Å². The zero-order valence-electron chi connectivity index (χ0n) is 22.2. The number of rotatable bonds is 17. The highest BCUT2D eigenvalue weighted by Gasteiger charge is 2.39. The zero-order valence-corrected chi connectivity index (χ0v) is 22.2. The molecule has 0 bridgehead atoms. The number of nitrogens with zero attached hydrogens (tertiary/aromatic N) is 1. The molecule has 1 aliphatic carbocycles. The van der Waals surface area contributed by atoms with E-state index in [1.807, 2.05) is 68.5 Å². The van der Waals surface area contributed by atoms with Crippen LogP contribution in [0.5, 0.6) is 0 Å². The summed E-state index contributed by atoms with van der Waals surface area (Å²) in [5, 5.41) is 34.5. The molecule has 206 valence electrons. The number of allylic oxidation sites excluding steroid dienone is 2. The topological polar surface area (TPSA) is 122 Å². The molecule has 3 N–H and O–H groups in total. The summed E-state index contributed by atoms with van der Waals surface area (Å²) >= 11 is 0. The van der Waals surface area contributed by atoms with Crippen LogP contribution in [-0.2, 0) is 16.1 Å². The van der Waals surface area contributed by atoms with Crippen molar-refractivity contribution in [2.24, 2.45) is 17.8 Å². The van der Waals surface area contributed by atoms with E-state index in [0.29, 0.717) is 38.6 Å². The van der Waals surface area contributed by atoms with Gasteiger partial charge >= 0.3 is 0 Å². The molecule has 1 amide bonds. The van der Waals surface area contributed by atoms with E-state index in [1.54, 1.807) is 0 Å². The predicted octanol–water partition coefficient (Wildman–Crippen LogP) is 4.78. The predicted molar refractivity (Wildman–Crippen MR) is 144 cm³/mol.